The molecule has 2 aromatic rings. The van der Waals surface area contributed by atoms with Gasteiger partial charge in [0, 0.05) is 12.2 Å². The number of hydrogen-bond acceptors (Lipinski definition) is 3. The molecule has 4 rings (SSSR count). The highest BCUT2D eigenvalue weighted by atomic mass is 19.1. The van der Waals surface area contributed by atoms with Gasteiger partial charge in [0.25, 0.3) is 5.91 Å². The van der Waals surface area contributed by atoms with Gasteiger partial charge in [0.15, 0.2) is 17.4 Å². The van der Waals surface area contributed by atoms with E-state index in [4.69, 9.17) is 4.74 Å². The zero-order valence-electron chi connectivity index (χ0n) is 16.3. The van der Waals surface area contributed by atoms with Crippen LogP contribution in [-0.2, 0) is 10.2 Å². The number of fused-ring (bicyclic) bond motifs is 2. The Morgan fingerprint density at radius 2 is 2.03 bits per heavy atom. The van der Waals surface area contributed by atoms with E-state index >= 15 is 0 Å². The fourth-order valence-corrected chi connectivity index (χ4v) is 4.76. The SMILES string of the molecule is CCC[C@@H]1N(C(=O)c2ccc(F)c(OC)c2F)CC[C@]12C(=O)Nc1ccccc12. The number of carbonyl (C=O) groups is 2. The molecule has 2 heterocycles. The molecule has 2 atom stereocenters. The van der Waals surface area contributed by atoms with Gasteiger partial charge in [-0.3, -0.25) is 9.59 Å². The molecule has 29 heavy (non-hydrogen) atoms. The lowest BCUT2D eigenvalue weighted by Crippen LogP contribution is -2.48. The number of carbonyl (C=O) groups excluding carboxylic acids is 2. The topological polar surface area (TPSA) is 58.6 Å². The first kappa shape index (κ1) is 19.4. The van der Waals surface area contributed by atoms with Crippen molar-refractivity contribution in [3.63, 3.8) is 0 Å². The maximum Gasteiger partial charge on any atom is 0.257 e. The van der Waals surface area contributed by atoms with Crippen LogP contribution in [0.25, 0.3) is 0 Å². The number of nitrogens with one attached hydrogen (secondary N) is 1. The number of rotatable bonds is 4. The van der Waals surface area contributed by atoms with Crippen molar-refractivity contribution >= 4 is 17.5 Å². The van der Waals surface area contributed by atoms with Gasteiger partial charge in [-0.25, -0.2) is 8.78 Å². The van der Waals surface area contributed by atoms with Crippen molar-refractivity contribution in [2.24, 2.45) is 0 Å². The van der Waals surface area contributed by atoms with Crippen LogP contribution in [0.5, 0.6) is 5.75 Å². The van der Waals surface area contributed by atoms with Gasteiger partial charge in [0.1, 0.15) is 0 Å². The van der Waals surface area contributed by atoms with Crippen LogP contribution in [0.1, 0.15) is 42.1 Å². The molecular formula is C22H22F2N2O3. The number of ether oxygens (including phenoxy) is 1. The molecule has 0 bridgehead atoms. The Morgan fingerprint density at radius 3 is 2.76 bits per heavy atom. The van der Waals surface area contributed by atoms with E-state index in [0.29, 0.717) is 19.4 Å². The van der Waals surface area contributed by atoms with E-state index in [9.17, 15) is 18.4 Å². The fourth-order valence-electron chi connectivity index (χ4n) is 4.76. The lowest BCUT2D eigenvalue weighted by molar-refractivity contribution is -0.121. The first-order valence-corrected chi connectivity index (χ1v) is 9.69. The number of para-hydroxylation sites is 1. The molecule has 1 N–H and O–H groups in total. The normalized spacial score (nSPS) is 22.7. The summed E-state index contributed by atoms with van der Waals surface area (Å²) in [6.45, 7) is 2.29. The van der Waals surface area contributed by atoms with Gasteiger partial charge in [-0.05, 0) is 36.6 Å². The standard InChI is InChI=1S/C22H22F2N2O3/c1-3-6-17-22(14-7-4-5-8-16(14)25-21(22)28)11-12-26(17)20(27)13-9-10-15(23)19(29-2)18(13)24/h4-5,7-10,17H,3,6,11-12H2,1-2H3,(H,25,28)/t17-,22+/m0/s1. The highest BCUT2D eigenvalue weighted by Gasteiger charge is 2.58. The van der Waals surface area contributed by atoms with Gasteiger partial charge in [0.05, 0.1) is 24.1 Å². The van der Waals surface area contributed by atoms with Crippen molar-refractivity contribution in [3.05, 3.63) is 59.2 Å². The Kier molecular flexibility index (Phi) is 4.76. The number of anilines is 1. The third-order valence-electron chi connectivity index (χ3n) is 6.06. The van der Waals surface area contributed by atoms with Gasteiger partial charge >= 0.3 is 0 Å². The monoisotopic (exact) mass is 400 g/mol. The van der Waals surface area contributed by atoms with E-state index in [0.717, 1.165) is 36.9 Å². The summed E-state index contributed by atoms with van der Waals surface area (Å²) in [5, 5.41) is 2.93. The smallest absolute Gasteiger partial charge is 0.257 e. The van der Waals surface area contributed by atoms with Crippen LogP contribution in [0, 0.1) is 11.6 Å². The highest BCUT2D eigenvalue weighted by molar-refractivity contribution is 6.08. The molecule has 2 aromatic carbocycles. The second-order valence-corrected chi connectivity index (χ2v) is 7.47. The van der Waals surface area contributed by atoms with Crippen LogP contribution in [-0.4, -0.2) is 36.4 Å². The molecule has 0 aromatic heterocycles. The average molecular weight is 400 g/mol. The predicted octanol–water partition coefficient (Wildman–Crippen LogP) is 3.88. The maximum atomic E-state index is 14.7. The summed E-state index contributed by atoms with van der Waals surface area (Å²) in [5.41, 5.74) is 0.509. The second-order valence-electron chi connectivity index (χ2n) is 7.47. The van der Waals surface area contributed by atoms with Crippen LogP contribution in [0.2, 0.25) is 0 Å². The van der Waals surface area contributed by atoms with Crippen LogP contribution in [0.3, 0.4) is 0 Å². The van der Waals surface area contributed by atoms with E-state index in [1.54, 1.807) is 4.90 Å². The van der Waals surface area contributed by atoms with Crippen molar-refractivity contribution in [3.8, 4) is 5.75 Å². The van der Waals surface area contributed by atoms with Gasteiger partial charge in [-0.1, -0.05) is 31.5 Å². The molecule has 0 aliphatic carbocycles. The molecule has 5 nitrogen and oxygen atoms in total. The highest BCUT2D eigenvalue weighted by Crippen LogP contribution is 2.49. The van der Waals surface area contributed by atoms with Crippen LogP contribution in [0.4, 0.5) is 14.5 Å². The van der Waals surface area contributed by atoms with Gasteiger partial charge < -0.3 is 15.0 Å². The number of halogens is 2. The van der Waals surface area contributed by atoms with Gasteiger partial charge in [-0.2, -0.15) is 0 Å². The zero-order valence-corrected chi connectivity index (χ0v) is 16.3. The quantitative estimate of drug-likeness (QED) is 0.848. The Morgan fingerprint density at radius 1 is 1.28 bits per heavy atom. The number of methoxy groups -OCH3 is 1. The largest absolute Gasteiger partial charge is 0.491 e. The van der Waals surface area contributed by atoms with Crippen molar-refractivity contribution < 1.29 is 23.1 Å². The minimum absolute atomic E-state index is 0.135. The predicted molar refractivity (Wildman–Crippen MR) is 104 cm³/mol. The number of likely N-dealkylation sites (tertiary alicyclic amines) is 1. The molecule has 0 radical (unpaired) electrons. The summed E-state index contributed by atoms with van der Waals surface area (Å²) < 4.78 is 33.3. The van der Waals surface area contributed by atoms with Crippen LogP contribution < -0.4 is 10.1 Å². The summed E-state index contributed by atoms with van der Waals surface area (Å²) in [7, 11) is 1.15. The first-order chi connectivity index (χ1) is 14.0. The zero-order chi connectivity index (χ0) is 20.8. The van der Waals surface area contributed by atoms with Crippen molar-refractivity contribution in [1.82, 2.24) is 4.90 Å². The average Bonchev–Trinajstić information content (AvgIpc) is 3.22. The molecule has 1 spiro atoms. The van der Waals surface area contributed by atoms with Crippen LogP contribution in [0.15, 0.2) is 36.4 Å². The lowest BCUT2D eigenvalue weighted by Gasteiger charge is -2.34. The molecule has 1 fully saturated rings. The van der Waals surface area contributed by atoms with E-state index in [-0.39, 0.29) is 11.5 Å². The minimum Gasteiger partial charge on any atom is -0.491 e. The Hall–Kier alpha value is -2.96. The lowest BCUT2D eigenvalue weighted by atomic mass is 9.73. The molecule has 2 aliphatic rings. The maximum absolute atomic E-state index is 14.7. The molecule has 0 saturated carbocycles. The van der Waals surface area contributed by atoms with Crippen molar-refractivity contribution in [1.29, 1.82) is 0 Å². The van der Waals surface area contributed by atoms with Crippen molar-refractivity contribution in [2.45, 2.75) is 37.6 Å². The van der Waals surface area contributed by atoms with E-state index < -0.39 is 34.7 Å². The Balaban J connectivity index is 1.77. The molecule has 2 amide bonds. The molecule has 0 unspecified atom stereocenters. The van der Waals surface area contributed by atoms with Crippen molar-refractivity contribution in [2.75, 3.05) is 19.0 Å². The number of amides is 2. The number of benzene rings is 2. The fraction of sp³-hybridized carbons (Fsp3) is 0.364. The van der Waals surface area contributed by atoms with E-state index in [1.165, 1.54) is 0 Å². The van der Waals surface area contributed by atoms with E-state index in [1.807, 2.05) is 31.2 Å². The summed E-state index contributed by atoms with van der Waals surface area (Å²) >= 11 is 0. The van der Waals surface area contributed by atoms with Gasteiger partial charge in [0.2, 0.25) is 5.91 Å². The third kappa shape index (κ3) is 2.71. The van der Waals surface area contributed by atoms with E-state index in [2.05, 4.69) is 5.32 Å². The summed E-state index contributed by atoms with van der Waals surface area (Å²) in [5.74, 6) is -3.17. The molecule has 152 valence electrons. The molecule has 7 heteroatoms. The summed E-state index contributed by atoms with van der Waals surface area (Å²) in [6.07, 6.45) is 1.79. The van der Waals surface area contributed by atoms with Crippen LogP contribution >= 0.6 is 0 Å². The second kappa shape index (κ2) is 7.13. The molecule has 2 aliphatic heterocycles. The molecular weight excluding hydrogens is 378 g/mol. The Labute approximate surface area is 167 Å². The third-order valence-corrected chi connectivity index (χ3v) is 6.06. The Bertz CT molecular complexity index is 994. The number of nitrogens with zero attached hydrogens (tertiary/aromatic N) is 1. The minimum atomic E-state index is -1.02. The first-order valence-electron chi connectivity index (χ1n) is 9.69. The summed E-state index contributed by atoms with van der Waals surface area (Å²) in [4.78, 5) is 27.9. The van der Waals surface area contributed by atoms with Gasteiger partial charge in [-0.15, -0.1) is 0 Å². The summed E-state index contributed by atoms with van der Waals surface area (Å²) in [6, 6.07) is 9.22. The molecule has 1 saturated heterocycles. The number of hydrogen-bond donors (Lipinski definition) is 1.